The number of sulfonamides is 1. The summed E-state index contributed by atoms with van der Waals surface area (Å²) in [7, 11) is -1.87. The lowest BCUT2D eigenvalue weighted by Crippen LogP contribution is -2.27. The van der Waals surface area contributed by atoms with Crippen molar-refractivity contribution in [2.24, 2.45) is 0 Å². The zero-order valence-corrected chi connectivity index (χ0v) is 18.9. The van der Waals surface area contributed by atoms with E-state index in [-0.39, 0.29) is 0 Å². The van der Waals surface area contributed by atoms with Crippen LogP contribution in [0, 0.1) is 11.3 Å². The van der Waals surface area contributed by atoms with Gasteiger partial charge in [-0.15, -0.1) is 0 Å². The molecule has 1 aromatic carbocycles. The van der Waals surface area contributed by atoms with Crippen LogP contribution in [0.2, 0.25) is 0 Å². The van der Waals surface area contributed by atoms with Crippen LogP contribution in [0.15, 0.2) is 28.3 Å². The zero-order chi connectivity index (χ0) is 20.9. The molecule has 0 radical (unpaired) electrons. The van der Waals surface area contributed by atoms with Gasteiger partial charge in [0, 0.05) is 31.8 Å². The second-order valence-electron chi connectivity index (χ2n) is 7.64. The van der Waals surface area contributed by atoms with E-state index in [1.54, 1.807) is 30.9 Å². The van der Waals surface area contributed by atoms with Gasteiger partial charge < -0.3 is 4.57 Å². The van der Waals surface area contributed by atoms with Gasteiger partial charge in [0.1, 0.15) is 0 Å². The predicted molar refractivity (Wildman–Crippen MR) is 118 cm³/mol. The molecule has 0 saturated heterocycles. The molecule has 0 aliphatic heterocycles. The highest BCUT2D eigenvalue weighted by atomic mass is 32.2. The van der Waals surface area contributed by atoms with Crippen molar-refractivity contribution < 1.29 is 8.42 Å². The van der Waals surface area contributed by atoms with Crippen LogP contribution in [0.1, 0.15) is 64.3 Å². The number of hydrogen-bond acceptors (Lipinski definition) is 5. The summed E-state index contributed by atoms with van der Waals surface area (Å²) in [5.74, 6) is 0.842. The van der Waals surface area contributed by atoms with Crippen molar-refractivity contribution in [3.63, 3.8) is 0 Å². The van der Waals surface area contributed by atoms with Crippen molar-refractivity contribution in [2.75, 3.05) is 19.3 Å². The van der Waals surface area contributed by atoms with Crippen LogP contribution in [-0.4, -0.2) is 41.6 Å². The summed E-state index contributed by atoms with van der Waals surface area (Å²) in [5.41, 5.74) is 1.75. The highest BCUT2D eigenvalue weighted by molar-refractivity contribution is 7.99. The van der Waals surface area contributed by atoms with Crippen molar-refractivity contribution in [1.29, 1.82) is 5.26 Å². The molecule has 29 heavy (non-hydrogen) atoms. The number of nitriles is 1. The lowest BCUT2D eigenvalue weighted by molar-refractivity contribution is 0.459. The van der Waals surface area contributed by atoms with Gasteiger partial charge in [0.05, 0.1) is 22.0 Å². The number of aromatic nitrogens is 2. The fourth-order valence-electron chi connectivity index (χ4n) is 3.83. The highest BCUT2D eigenvalue weighted by Gasteiger charge is 2.25. The SMILES string of the molecule is CCCCN(C)S(=O)(=O)c1ccc2c(c1)nc(SCCCC#N)n2C1CCCC1. The monoisotopic (exact) mass is 434 g/mol. The van der Waals surface area contributed by atoms with Gasteiger partial charge in [-0.1, -0.05) is 37.9 Å². The number of thioether (sulfide) groups is 1. The van der Waals surface area contributed by atoms with Gasteiger partial charge in [0.25, 0.3) is 0 Å². The molecule has 0 atom stereocenters. The van der Waals surface area contributed by atoms with Gasteiger partial charge in [0.15, 0.2) is 5.16 Å². The van der Waals surface area contributed by atoms with E-state index in [0.29, 0.717) is 23.9 Å². The average molecular weight is 435 g/mol. The third kappa shape index (κ3) is 4.96. The zero-order valence-electron chi connectivity index (χ0n) is 17.3. The molecule has 0 unspecified atom stereocenters. The Morgan fingerprint density at radius 3 is 2.76 bits per heavy atom. The van der Waals surface area contributed by atoms with E-state index >= 15 is 0 Å². The number of unbranched alkanes of at least 4 members (excludes halogenated alkanes) is 2. The van der Waals surface area contributed by atoms with Gasteiger partial charge >= 0.3 is 0 Å². The van der Waals surface area contributed by atoms with Crippen molar-refractivity contribution in [3.8, 4) is 6.07 Å². The molecule has 3 rings (SSSR count). The second kappa shape index (κ2) is 9.96. The number of nitrogens with zero attached hydrogens (tertiary/aromatic N) is 4. The quantitative estimate of drug-likeness (QED) is 0.390. The standard InChI is InChI=1S/C21H30N4O2S2/c1-3-4-14-24(2)29(26,27)18-11-12-20-19(16-18)23-21(28-15-8-7-13-22)25(20)17-9-5-6-10-17/h11-12,16-17H,3-10,14-15H2,1-2H3. The third-order valence-corrected chi connectivity index (χ3v) is 8.41. The largest absolute Gasteiger partial charge is 0.316 e. The van der Waals surface area contributed by atoms with Crippen LogP contribution in [0.5, 0.6) is 0 Å². The molecule has 1 aliphatic carbocycles. The van der Waals surface area contributed by atoms with E-state index < -0.39 is 10.0 Å². The molecule has 2 aromatic rings. The summed E-state index contributed by atoms with van der Waals surface area (Å²) in [5, 5.41) is 9.71. The van der Waals surface area contributed by atoms with Crippen molar-refractivity contribution in [3.05, 3.63) is 18.2 Å². The first kappa shape index (κ1) is 22.1. The van der Waals surface area contributed by atoms with Gasteiger partial charge in [-0.3, -0.25) is 0 Å². The van der Waals surface area contributed by atoms with E-state index in [9.17, 15) is 8.42 Å². The van der Waals surface area contributed by atoms with E-state index in [1.807, 2.05) is 6.07 Å². The fraction of sp³-hybridized carbons (Fsp3) is 0.619. The number of fused-ring (bicyclic) bond motifs is 1. The Morgan fingerprint density at radius 2 is 2.07 bits per heavy atom. The third-order valence-electron chi connectivity index (χ3n) is 5.52. The van der Waals surface area contributed by atoms with E-state index in [4.69, 9.17) is 10.2 Å². The van der Waals surface area contributed by atoms with Gasteiger partial charge in [-0.05, 0) is 43.9 Å². The smallest absolute Gasteiger partial charge is 0.242 e. The molecule has 0 spiro atoms. The highest BCUT2D eigenvalue weighted by Crippen LogP contribution is 2.37. The van der Waals surface area contributed by atoms with Crippen LogP contribution in [0.3, 0.4) is 0 Å². The van der Waals surface area contributed by atoms with Gasteiger partial charge in [-0.25, -0.2) is 17.7 Å². The van der Waals surface area contributed by atoms with Crippen LogP contribution >= 0.6 is 11.8 Å². The van der Waals surface area contributed by atoms with Gasteiger partial charge in [-0.2, -0.15) is 5.26 Å². The molecule has 1 heterocycles. The van der Waals surface area contributed by atoms with Gasteiger partial charge in [0.2, 0.25) is 10.0 Å². The Labute approximate surface area is 178 Å². The topological polar surface area (TPSA) is 79.0 Å². The number of imidazole rings is 1. The minimum Gasteiger partial charge on any atom is -0.316 e. The molecule has 1 fully saturated rings. The van der Waals surface area contributed by atoms with Crippen molar-refractivity contribution in [2.45, 2.75) is 74.4 Å². The van der Waals surface area contributed by atoms with Crippen LogP contribution in [0.25, 0.3) is 11.0 Å². The molecule has 0 N–H and O–H groups in total. The van der Waals surface area contributed by atoms with Crippen molar-refractivity contribution >= 4 is 32.8 Å². The first-order chi connectivity index (χ1) is 14.0. The van der Waals surface area contributed by atoms with E-state index in [1.165, 1.54) is 17.1 Å². The molecule has 8 heteroatoms. The molecule has 1 aliphatic rings. The summed E-state index contributed by atoms with van der Waals surface area (Å²) >= 11 is 1.67. The van der Waals surface area contributed by atoms with E-state index in [2.05, 4.69) is 17.6 Å². The fourth-order valence-corrected chi connectivity index (χ4v) is 6.08. The normalized spacial score (nSPS) is 15.4. The summed E-state index contributed by atoms with van der Waals surface area (Å²) in [6, 6.07) is 7.97. The predicted octanol–water partition coefficient (Wildman–Crippen LogP) is 4.97. The first-order valence-electron chi connectivity index (χ1n) is 10.5. The summed E-state index contributed by atoms with van der Waals surface area (Å²) < 4.78 is 29.6. The Hall–Kier alpha value is -1.56. The average Bonchev–Trinajstić information content (AvgIpc) is 3.35. The lowest BCUT2D eigenvalue weighted by atomic mass is 10.2. The number of hydrogen-bond donors (Lipinski definition) is 0. The minimum atomic E-state index is -3.51. The molecule has 1 aromatic heterocycles. The maximum Gasteiger partial charge on any atom is 0.242 e. The molecule has 0 bridgehead atoms. The lowest BCUT2D eigenvalue weighted by Gasteiger charge is -2.17. The van der Waals surface area contributed by atoms with Crippen molar-refractivity contribution in [1.82, 2.24) is 13.9 Å². The first-order valence-corrected chi connectivity index (χ1v) is 12.9. The van der Waals surface area contributed by atoms with Crippen LogP contribution in [-0.2, 0) is 10.0 Å². The molecule has 1 saturated carbocycles. The van der Waals surface area contributed by atoms with Crippen LogP contribution < -0.4 is 0 Å². The Morgan fingerprint density at radius 1 is 1.31 bits per heavy atom. The molecule has 6 nitrogen and oxygen atoms in total. The number of rotatable bonds is 10. The minimum absolute atomic E-state index is 0.306. The Bertz CT molecular complexity index is 972. The second-order valence-corrected chi connectivity index (χ2v) is 10.8. The van der Waals surface area contributed by atoms with E-state index in [0.717, 1.165) is 54.0 Å². The Kier molecular flexibility index (Phi) is 7.60. The maximum absolute atomic E-state index is 12.9. The molecular formula is C21H30N4O2S2. The molecule has 0 amide bonds. The molecule has 158 valence electrons. The summed E-state index contributed by atoms with van der Waals surface area (Å²) in [6.45, 7) is 2.57. The summed E-state index contributed by atoms with van der Waals surface area (Å²) in [6.07, 6.45) is 7.89. The maximum atomic E-state index is 12.9. The van der Waals surface area contributed by atoms with Crippen LogP contribution in [0.4, 0.5) is 0 Å². The Balaban J connectivity index is 1.94. The summed E-state index contributed by atoms with van der Waals surface area (Å²) in [4.78, 5) is 5.12. The molecular weight excluding hydrogens is 404 g/mol. The number of benzene rings is 1.